The second-order valence-electron chi connectivity index (χ2n) is 5.15. The maximum absolute atomic E-state index is 12.2. The number of allylic oxidation sites excluding steroid dienone is 5. The van der Waals surface area contributed by atoms with Crippen LogP contribution in [-0.4, -0.2) is 29.8 Å². The minimum Gasteiger partial charge on any atom is -0.300 e. The van der Waals surface area contributed by atoms with Crippen molar-refractivity contribution < 1.29 is 4.79 Å². The van der Waals surface area contributed by atoms with Crippen molar-refractivity contribution in [3.8, 4) is 0 Å². The third-order valence-electron chi connectivity index (χ3n) is 3.81. The highest BCUT2D eigenvalue weighted by Crippen LogP contribution is 2.29. The average molecular weight is 283 g/mol. The minimum absolute atomic E-state index is 0.0465. The Morgan fingerprint density at radius 2 is 1.62 bits per heavy atom. The second kappa shape index (κ2) is 8.38. The number of carbonyl (C=O) groups excluding carboxylic acids is 1. The first-order valence-electron chi connectivity index (χ1n) is 7.23. The van der Waals surface area contributed by atoms with E-state index < -0.39 is 0 Å². The summed E-state index contributed by atoms with van der Waals surface area (Å²) in [6.07, 6.45) is 14.3. The summed E-state index contributed by atoms with van der Waals surface area (Å²) in [6, 6.07) is 0.115. The monoisotopic (exact) mass is 283 g/mol. The molecule has 0 aromatic rings. The third-order valence-corrected chi connectivity index (χ3v) is 3.81. The van der Waals surface area contributed by atoms with Crippen molar-refractivity contribution in [1.82, 2.24) is 4.90 Å². The van der Waals surface area contributed by atoms with Crippen LogP contribution in [0.25, 0.3) is 0 Å². The van der Waals surface area contributed by atoms with Crippen molar-refractivity contribution in [3.05, 3.63) is 73.4 Å². The van der Waals surface area contributed by atoms with Gasteiger partial charge in [0.1, 0.15) is 5.78 Å². The fourth-order valence-corrected chi connectivity index (χ4v) is 2.78. The van der Waals surface area contributed by atoms with Crippen LogP contribution in [0.1, 0.15) is 19.8 Å². The highest BCUT2D eigenvalue weighted by atomic mass is 16.1. The van der Waals surface area contributed by atoms with E-state index in [4.69, 9.17) is 0 Å². The molecule has 0 N–H and O–H groups in total. The molecule has 1 fully saturated rings. The van der Waals surface area contributed by atoms with Gasteiger partial charge in [0.05, 0.1) is 0 Å². The van der Waals surface area contributed by atoms with E-state index in [2.05, 4.69) is 31.7 Å². The first-order valence-corrected chi connectivity index (χ1v) is 7.23. The van der Waals surface area contributed by atoms with Crippen LogP contribution in [0, 0.1) is 0 Å². The molecule has 1 saturated heterocycles. The smallest absolute Gasteiger partial charge is 0.136 e. The van der Waals surface area contributed by atoms with E-state index in [9.17, 15) is 4.79 Å². The largest absolute Gasteiger partial charge is 0.300 e. The van der Waals surface area contributed by atoms with Crippen molar-refractivity contribution in [3.63, 3.8) is 0 Å². The number of nitrogens with zero attached hydrogens (tertiary/aromatic N) is 1. The highest BCUT2D eigenvalue weighted by Gasteiger charge is 2.34. The van der Waals surface area contributed by atoms with Gasteiger partial charge in [-0.15, -0.1) is 0 Å². The van der Waals surface area contributed by atoms with Gasteiger partial charge in [-0.1, -0.05) is 62.3 Å². The quantitative estimate of drug-likeness (QED) is 0.687. The Morgan fingerprint density at radius 1 is 1.10 bits per heavy atom. The molecular weight excluding hydrogens is 258 g/mol. The van der Waals surface area contributed by atoms with E-state index in [0.29, 0.717) is 12.8 Å². The number of piperidine rings is 1. The molecule has 112 valence electrons. The lowest BCUT2D eigenvalue weighted by Crippen LogP contribution is -2.48. The molecule has 0 amide bonds. The number of hydrogen-bond donors (Lipinski definition) is 0. The molecule has 2 heteroatoms. The maximum atomic E-state index is 12.2. The van der Waals surface area contributed by atoms with Crippen LogP contribution in [-0.2, 0) is 4.79 Å². The Labute approximate surface area is 128 Å². The number of Topliss-reactive ketones (excluding diaryl/α,β-unsaturated/α-hetero) is 1. The van der Waals surface area contributed by atoms with Gasteiger partial charge in [-0.2, -0.15) is 0 Å². The Hall–Kier alpha value is -1.93. The Kier molecular flexibility index (Phi) is 6.83. The number of likely N-dealkylation sites (tertiary alicyclic amines) is 1. The second-order valence-corrected chi connectivity index (χ2v) is 5.15. The first-order chi connectivity index (χ1) is 10.1. The Morgan fingerprint density at radius 3 is 2.10 bits per heavy atom. The molecule has 2 atom stereocenters. The van der Waals surface area contributed by atoms with Gasteiger partial charge in [-0.05, 0) is 25.1 Å². The zero-order valence-electron chi connectivity index (χ0n) is 13.1. The molecule has 0 aliphatic carbocycles. The summed E-state index contributed by atoms with van der Waals surface area (Å²) < 4.78 is 0. The molecule has 1 rings (SSSR count). The van der Waals surface area contributed by atoms with Crippen LogP contribution in [0.15, 0.2) is 73.4 Å². The summed E-state index contributed by atoms with van der Waals surface area (Å²) >= 11 is 0. The summed E-state index contributed by atoms with van der Waals surface area (Å²) in [7, 11) is 2.06. The zero-order valence-corrected chi connectivity index (χ0v) is 13.1. The van der Waals surface area contributed by atoms with Crippen molar-refractivity contribution in [1.29, 1.82) is 0 Å². The predicted molar refractivity (Wildman–Crippen MR) is 91.2 cm³/mol. The van der Waals surface area contributed by atoms with Crippen molar-refractivity contribution in [2.75, 3.05) is 7.05 Å². The molecule has 0 radical (unpaired) electrons. The van der Waals surface area contributed by atoms with Crippen molar-refractivity contribution in [2.45, 2.75) is 31.8 Å². The maximum Gasteiger partial charge on any atom is 0.136 e. The van der Waals surface area contributed by atoms with Gasteiger partial charge in [0.25, 0.3) is 0 Å². The normalized spacial score (nSPS) is 25.1. The van der Waals surface area contributed by atoms with Gasteiger partial charge >= 0.3 is 0 Å². The van der Waals surface area contributed by atoms with E-state index in [1.165, 1.54) is 0 Å². The number of hydrogen-bond acceptors (Lipinski definition) is 2. The van der Waals surface area contributed by atoms with Gasteiger partial charge in [-0.25, -0.2) is 0 Å². The molecule has 0 aromatic heterocycles. The SMILES string of the molecule is C=C/C=C(\C=C)C1CC(=O)CC(C(/C=C\C)=C/C=C)N1C. The summed E-state index contributed by atoms with van der Waals surface area (Å²) in [5.41, 5.74) is 2.14. The molecule has 2 unspecified atom stereocenters. The Bertz CT molecular complexity index is 508. The summed E-state index contributed by atoms with van der Waals surface area (Å²) in [5, 5.41) is 0. The van der Waals surface area contributed by atoms with Gasteiger partial charge in [0.15, 0.2) is 0 Å². The van der Waals surface area contributed by atoms with E-state index in [-0.39, 0.29) is 17.9 Å². The summed E-state index contributed by atoms with van der Waals surface area (Å²) in [6.45, 7) is 13.3. The lowest BCUT2D eigenvalue weighted by Gasteiger charge is -2.40. The number of likely N-dealkylation sites (N-methyl/N-ethyl adjacent to an activating group) is 1. The topological polar surface area (TPSA) is 20.3 Å². The molecule has 1 aliphatic rings. The van der Waals surface area contributed by atoms with Crippen LogP contribution in [0.2, 0.25) is 0 Å². The lowest BCUT2D eigenvalue weighted by atomic mass is 9.86. The fraction of sp³-hybridized carbons (Fsp3) is 0.316. The van der Waals surface area contributed by atoms with E-state index in [1.54, 1.807) is 12.2 Å². The number of rotatable bonds is 6. The lowest BCUT2D eigenvalue weighted by molar-refractivity contribution is -0.123. The predicted octanol–water partition coefficient (Wildman–Crippen LogP) is 4.01. The zero-order chi connectivity index (χ0) is 15.8. The van der Waals surface area contributed by atoms with Crippen LogP contribution in [0.5, 0.6) is 0 Å². The average Bonchev–Trinajstić information content (AvgIpc) is 2.47. The molecule has 1 heterocycles. The van der Waals surface area contributed by atoms with E-state index in [1.807, 2.05) is 37.3 Å². The van der Waals surface area contributed by atoms with Crippen molar-refractivity contribution >= 4 is 5.78 Å². The van der Waals surface area contributed by atoms with Gasteiger partial charge < -0.3 is 0 Å². The summed E-state index contributed by atoms with van der Waals surface area (Å²) in [5.74, 6) is 0.277. The molecular formula is C19H25NO. The van der Waals surface area contributed by atoms with Gasteiger partial charge in [0, 0.05) is 24.9 Å². The standard InChI is InChI=1S/C19H25NO/c1-6-10-15(9-4)18-13-17(21)14-19(20(18)5)16(11-7-2)12-8-3/h6-12,18-19H,1-2,4,13-14H2,3,5H3/b12-8-,15-10+,16-11+. The molecule has 0 spiro atoms. The highest BCUT2D eigenvalue weighted by molar-refractivity contribution is 5.82. The molecule has 0 aromatic carbocycles. The van der Waals surface area contributed by atoms with Crippen LogP contribution in [0.3, 0.4) is 0 Å². The van der Waals surface area contributed by atoms with Gasteiger partial charge in [0.2, 0.25) is 0 Å². The molecule has 21 heavy (non-hydrogen) atoms. The molecule has 1 aliphatic heterocycles. The first kappa shape index (κ1) is 17.1. The van der Waals surface area contributed by atoms with E-state index >= 15 is 0 Å². The van der Waals surface area contributed by atoms with Crippen LogP contribution >= 0.6 is 0 Å². The summed E-state index contributed by atoms with van der Waals surface area (Å²) in [4.78, 5) is 14.4. The van der Waals surface area contributed by atoms with Gasteiger partial charge in [-0.3, -0.25) is 9.69 Å². The molecule has 2 nitrogen and oxygen atoms in total. The van der Waals surface area contributed by atoms with E-state index in [0.717, 1.165) is 11.1 Å². The fourth-order valence-electron chi connectivity index (χ4n) is 2.78. The van der Waals surface area contributed by atoms with Crippen molar-refractivity contribution in [2.24, 2.45) is 0 Å². The number of ketones is 1. The molecule has 0 saturated carbocycles. The third kappa shape index (κ3) is 4.27. The van der Waals surface area contributed by atoms with Crippen LogP contribution in [0.4, 0.5) is 0 Å². The van der Waals surface area contributed by atoms with Crippen LogP contribution < -0.4 is 0 Å². The number of carbonyl (C=O) groups is 1. The molecule has 0 bridgehead atoms. The minimum atomic E-state index is 0.0465. The Balaban J connectivity index is 3.17.